The van der Waals surface area contributed by atoms with Crippen LogP contribution in [-0.2, 0) is 0 Å². The Hall–Kier alpha value is -4.08. The van der Waals surface area contributed by atoms with Gasteiger partial charge in [-0.1, -0.05) is 11.6 Å². The molecule has 1 aliphatic rings. The van der Waals surface area contributed by atoms with E-state index in [2.05, 4.69) is 5.32 Å². The molecule has 3 aromatic rings. The number of carbonyl (C=O) groups excluding carboxylic acids is 1. The van der Waals surface area contributed by atoms with Gasteiger partial charge in [-0.2, -0.15) is 0 Å². The van der Waals surface area contributed by atoms with Crippen LogP contribution in [0.4, 0.5) is 0 Å². The fraction of sp³-hybridized carbons (Fsp3) is 0.222. The van der Waals surface area contributed by atoms with Crippen molar-refractivity contribution < 1.29 is 14.3 Å². The zero-order valence-corrected chi connectivity index (χ0v) is 20.8. The SMILES string of the molecule is N=C(N)c1ccc(Oc2cc(Oc3ccc(C(=N)N)cc3Cl)cc(C(=O)NC3CCC(N)CC3)c2)cc1. The van der Waals surface area contributed by atoms with Crippen molar-refractivity contribution in [3.8, 4) is 23.0 Å². The van der Waals surface area contributed by atoms with Crippen molar-refractivity contribution >= 4 is 29.2 Å². The predicted molar refractivity (Wildman–Crippen MR) is 144 cm³/mol. The van der Waals surface area contributed by atoms with Crippen molar-refractivity contribution in [3.05, 3.63) is 82.4 Å². The number of nitrogens with one attached hydrogen (secondary N) is 3. The second kappa shape index (κ2) is 11.3. The molecular formula is C27H29ClN6O3. The number of nitrogen functional groups attached to an aromatic ring is 2. The van der Waals surface area contributed by atoms with E-state index in [1.807, 2.05) is 0 Å². The molecular weight excluding hydrogens is 492 g/mol. The lowest BCUT2D eigenvalue weighted by Gasteiger charge is -2.26. The Labute approximate surface area is 219 Å². The Morgan fingerprint density at radius 1 is 0.784 bits per heavy atom. The van der Waals surface area contributed by atoms with E-state index < -0.39 is 0 Å². The molecule has 1 aliphatic carbocycles. The zero-order valence-electron chi connectivity index (χ0n) is 20.1. The molecule has 0 atom stereocenters. The molecule has 9 nitrogen and oxygen atoms in total. The van der Waals surface area contributed by atoms with Crippen LogP contribution in [0.15, 0.2) is 60.7 Å². The van der Waals surface area contributed by atoms with E-state index in [9.17, 15) is 4.79 Å². The van der Waals surface area contributed by atoms with Crippen LogP contribution >= 0.6 is 11.6 Å². The topological polar surface area (TPSA) is 173 Å². The van der Waals surface area contributed by atoms with Crippen molar-refractivity contribution in [2.45, 2.75) is 37.8 Å². The number of amidine groups is 2. The number of hydrogen-bond donors (Lipinski definition) is 6. The minimum atomic E-state index is -0.249. The molecule has 9 N–H and O–H groups in total. The molecule has 3 aromatic carbocycles. The van der Waals surface area contributed by atoms with Crippen LogP contribution in [0.25, 0.3) is 0 Å². The summed E-state index contributed by atoms with van der Waals surface area (Å²) in [6, 6.07) is 16.6. The summed E-state index contributed by atoms with van der Waals surface area (Å²) in [4.78, 5) is 13.2. The van der Waals surface area contributed by atoms with Crippen LogP contribution in [-0.4, -0.2) is 29.7 Å². The first kappa shape index (κ1) is 26.0. The van der Waals surface area contributed by atoms with Crippen LogP contribution in [0.2, 0.25) is 5.02 Å². The van der Waals surface area contributed by atoms with Gasteiger partial charge in [0.05, 0.1) is 5.02 Å². The molecule has 1 fully saturated rings. The molecule has 10 heteroatoms. The Morgan fingerprint density at radius 3 is 1.97 bits per heavy atom. The molecule has 0 spiro atoms. The summed E-state index contributed by atoms with van der Waals surface area (Å²) in [5.41, 5.74) is 18.5. The summed E-state index contributed by atoms with van der Waals surface area (Å²) in [6.07, 6.45) is 3.39. The second-order valence-electron chi connectivity index (χ2n) is 8.98. The van der Waals surface area contributed by atoms with Gasteiger partial charge < -0.3 is 32.0 Å². The third-order valence-corrected chi connectivity index (χ3v) is 6.42. The van der Waals surface area contributed by atoms with E-state index >= 15 is 0 Å². The van der Waals surface area contributed by atoms with Crippen LogP contribution in [0, 0.1) is 10.8 Å². The highest BCUT2D eigenvalue weighted by molar-refractivity contribution is 6.32. The minimum absolute atomic E-state index is 0.0442. The number of rotatable bonds is 8. The molecule has 0 aromatic heterocycles. The van der Waals surface area contributed by atoms with Gasteiger partial charge in [-0.3, -0.25) is 15.6 Å². The summed E-state index contributed by atoms with van der Waals surface area (Å²) >= 11 is 6.35. The smallest absolute Gasteiger partial charge is 0.251 e. The van der Waals surface area contributed by atoms with Gasteiger partial charge in [0, 0.05) is 34.8 Å². The largest absolute Gasteiger partial charge is 0.457 e. The van der Waals surface area contributed by atoms with Crippen molar-refractivity contribution in [2.24, 2.45) is 17.2 Å². The molecule has 1 saturated carbocycles. The number of benzene rings is 3. The quantitative estimate of drug-likeness (QED) is 0.188. The van der Waals surface area contributed by atoms with Gasteiger partial charge >= 0.3 is 0 Å². The predicted octanol–water partition coefficient (Wildman–Crippen LogP) is 4.49. The molecule has 0 unspecified atom stereocenters. The Balaban J connectivity index is 1.61. The first-order chi connectivity index (χ1) is 17.7. The van der Waals surface area contributed by atoms with Gasteiger partial charge in [0.1, 0.15) is 34.7 Å². The van der Waals surface area contributed by atoms with Gasteiger partial charge in [0.2, 0.25) is 0 Å². The highest BCUT2D eigenvalue weighted by Gasteiger charge is 2.21. The number of hydrogen-bond acceptors (Lipinski definition) is 6. The number of halogens is 1. The maximum atomic E-state index is 13.2. The van der Waals surface area contributed by atoms with E-state index in [1.54, 1.807) is 54.6 Å². The van der Waals surface area contributed by atoms with Gasteiger partial charge in [-0.05, 0) is 80.3 Å². The number of ether oxygens (including phenoxy) is 2. The van der Waals surface area contributed by atoms with Gasteiger partial charge in [-0.15, -0.1) is 0 Å². The van der Waals surface area contributed by atoms with E-state index in [0.29, 0.717) is 39.7 Å². The Morgan fingerprint density at radius 2 is 1.38 bits per heavy atom. The Bertz CT molecular complexity index is 1320. The lowest BCUT2D eigenvalue weighted by molar-refractivity contribution is 0.0925. The average molecular weight is 521 g/mol. The zero-order chi connectivity index (χ0) is 26.5. The first-order valence-corrected chi connectivity index (χ1v) is 12.2. The highest BCUT2D eigenvalue weighted by Crippen LogP contribution is 2.34. The van der Waals surface area contributed by atoms with E-state index in [4.69, 9.17) is 49.1 Å². The van der Waals surface area contributed by atoms with E-state index in [1.165, 1.54) is 6.07 Å². The highest BCUT2D eigenvalue weighted by atomic mass is 35.5. The van der Waals surface area contributed by atoms with E-state index in [-0.39, 0.29) is 34.7 Å². The second-order valence-corrected chi connectivity index (χ2v) is 9.39. The molecule has 0 aliphatic heterocycles. The van der Waals surface area contributed by atoms with Gasteiger partial charge in [0.15, 0.2) is 0 Å². The molecule has 37 heavy (non-hydrogen) atoms. The number of carbonyl (C=O) groups is 1. The maximum Gasteiger partial charge on any atom is 0.251 e. The third-order valence-electron chi connectivity index (χ3n) is 6.12. The van der Waals surface area contributed by atoms with Gasteiger partial charge in [0.25, 0.3) is 5.91 Å². The molecule has 192 valence electrons. The number of amides is 1. The summed E-state index contributed by atoms with van der Waals surface area (Å²) in [5, 5.41) is 18.5. The normalized spacial score (nSPS) is 17.0. The fourth-order valence-electron chi connectivity index (χ4n) is 4.07. The van der Waals surface area contributed by atoms with Gasteiger partial charge in [-0.25, -0.2) is 0 Å². The van der Waals surface area contributed by atoms with Crippen molar-refractivity contribution in [2.75, 3.05) is 0 Å². The monoisotopic (exact) mass is 520 g/mol. The van der Waals surface area contributed by atoms with Crippen molar-refractivity contribution in [1.82, 2.24) is 5.32 Å². The molecule has 0 bridgehead atoms. The minimum Gasteiger partial charge on any atom is -0.457 e. The molecule has 4 rings (SSSR count). The lowest BCUT2D eigenvalue weighted by Crippen LogP contribution is -2.40. The van der Waals surface area contributed by atoms with Crippen molar-refractivity contribution in [3.63, 3.8) is 0 Å². The summed E-state index contributed by atoms with van der Waals surface area (Å²) in [5.74, 6) is 1.15. The lowest BCUT2D eigenvalue weighted by atomic mass is 9.91. The molecule has 1 amide bonds. The standard InChI is InChI=1S/C27H29ClN6O3/c28-23-13-16(26(32)33)3-10-24(23)37-22-12-17(27(35)34-19-6-4-18(29)5-7-19)11-21(14-22)36-20-8-1-15(2-9-20)25(30)31/h1-3,8-14,18-19H,4-7,29H2,(H3,30,31)(H3,32,33)(H,34,35). The number of nitrogens with two attached hydrogens (primary N) is 3. The van der Waals surface area contributed by atoms with Crippen LogP contribution < -0.4 is 32.0 Å². The average Bonchev–Trinajstić information content (AvgIpc) is 2.86. The third kappa shape index (κ3) is 6.78. The summed E-state index contributed by atoms with van der Waals surface area (Å²) in [7, 11) is 0. The fourth-order valence-corrected chi connectivity index (χ4v) is 4.29. The first-order valence-electron chi connectivity index (χ1n) is 11.8. The van der Waals surface area contributed by atoms with Crippen LogP contribution in [0.3, 0.4) is 0 Å². The summed E-state index contributed by atoms with van der Waals surface area (Å²) < 4.78 is 12.0. The van der Waals surface area contributed by atoms with Crippen molar-refractivity contribution in [1.29, 1.82) is 10.8 Å². The molecule has 0 heterocycles. The van der Waals surface area contributed by atoms with Crippen LogP contribution in [0.1, 0.15) is 47.2 Å². The Kier molecular flexibility index (Phi) is 7.95. The molecule has 0 radical (unpaired) electrons. The van der Waals surface area contributed by atoms with E-state index in [0.717, 1.165) is 25.7 Å². The molecule has 0 saturated heterocycles. The summed E-state index contributed by atoms with van der Waals surface area (Å²) in [6.45, 7) is 0. The van der Waals surface area contributed by atoms with Crippen LogP contribution in [0.5, 0.6) is 23.0 Å². The maximum absolute atomic E-state index is 13.2.